The van der Waals surface area contributed by atoms with E-state index in [1.54, 1.807) is 16.7 Å². The molecule has 196 valence electrons. The van der Waals surface area contributed by atoms with Gasteiger partial charge in [0.1, 0.15) is 0 Å². The second kappa shape index (κ2) is 13.3. The summed E-state index contributed by atoms with van der Waals surface area (Å²) in [6, 6.07) is 44.0. The second-order valence-corrected chi connectivity index (χ2v) is 10.8. The van der Waals surface area contributed by atoms with E-state index in [4.69, 9.17) is 0 Å². The van der Waals surface area contributed by atoms with E-state index in [9.17, 15) is 0 Å². The van der Waals surface area contributed by atoms with Crippen molar-refractivity contribution in [2.45, 2.75) is 58.8 Å². The molecule has 0 aliphatic rings. The maximum absolute atomic E-state index is 2.39. The smallest absolute Gasteiger partial charge is 0.00202 e. The molecule has 0 aromatic heterocycles. The van der Waals surface area contributed by atoms with E-state index in [0.29, 0.717) is 0 Å². The molecule has 0 unspecified atom stereocenters. The lowest BCUT2D eigenvalue weighted by Crippen LogP contribution is -2.12. The molecular formula is C39H40. The Kier molecular flexibility index (Phi) is 9.07. The van der Waals surface area contributed by atoms with Crippen LogP contribution < -0.4 is 0 Å². The zero-order valence-corrected chi connectivity index (χ0v) is 23.5. The summed E-state index contributed by atoms with van der Waals surface area (Å²) in [4.78, 5) is 0. The molecule has 0 aliphatic heterocycles. The fourth-order valence-corrected chi connectivity index (χ4v) is 6.05. The highest BCUT2D eigenvalue weighted by molar-refractivity contribution is 5.54. The van der Waals surface area contributed by atoms with Gasteiger partial charge in [-0.1, -0.05) is 121 Å². The molecule has 0 aliphatic carbocycles. The second-order valence-electron chi connectivity index (χ2n) is 10.8. The fraction of sp³-hybridized carbons (Fsp3) is 0.231. The Morgan fingerprint density at radius 2 is 0.744 bits per heavy atom. The minimum atomic E-state index is 0.991. The average molecular weight is 509 g/mol. The van der Waals surface area contributed by atoms with Crippen molar-refractivity contribution in [2.75, 3.05) is 0 Å². The predicted molar refractivity (Wildman–Crippen MR) is 167 cm³/mol. The lowest BCUT2D eigenvalue weighted by molar-refractivity contribution is 0.789. The van der Waals surface area contributed by atoms with Crippen LogP contribution in [0.1, 0.15) is 62.1 Å². The van der Waals surface area contributed by atoms with E-state index in [1.165, 1.54) is 45.4 Å². The largest absolute Gasteiger partial charge is 0.0622 e. The summed E-state index contributed by atoms with van der Waals surface area (Å²) in [6.07, 6.45) is 7.55. The number of benzene rings is 5. The molecule has 0 spiro atoms. The molecule has 0 N–H and O–H groups in total. The van der Waals surface area contributed by atoms with Crippen molar-refractivity contribution in [3.05, 3.63) is 177 Å². The molecule has 0 amide bonds. The third kappa shape index (κ3) is 6.95. The highest BCUT2D eigenvalue weighted by Gasteiger charge is 2.20. The first-order valence-corrected chi connectivity index (χ1v) is 14.5. The molecule has 0 atom stereocenters. The molecule has 5 aromatic rings. The van der Waals surface area contributed by atoms with Crippen LogP contribution in [-0.4, -0.2) is 0 Å². The summed E-state index contributed by atoms with van der Waals surface area (Å²) in [5, 5.41) is 0. The SMILES string of the molecule is Cc1c(Cc2ccccc2)c(C)c(Cc2ccccc2)c(CCc2ccccc2)c1CCCc1ccccc1. The topological polar surface area (TPSA) is 0 Å². The van der Waals surface area contributed by atoms with Gasteiger partial charge in [0.2, 0.25) is 0 Å². The van der Waals surface area contributed by atoms with Crippen LogP contribution in [-0.2, 0) is 38.5 Å². The van der Waals surface area contributed by atoms with E-state index in [-0.39, 0.29) is 0 Å². The van der Waals surface area contributed by atoms with Crippen LogP contribution in [0.5, 0.6) is 0 Å². The van der Waals surface area contributed by atoms with Gasteiger partial charge in [0.25, 0.3) is 0 Å². The van der Waals surface area contributed by atoms with E-state index >= 15 is 0 Å². The van der Waals surface area contributed by atoms with Gasteiger partial charge >= 0.3 is 0 Å². The molecule has 0 saturated carbocycles. The summed E-state index contributed by atoms with van der Waals surface area (Å²) >= 11 is 0. The predicted octanol–water partition coefficient (Wildman–Crippen LogP) is 9.45. The third-order valence-electron chi connectivity index (χ3n) is 8.23. The lowest BCUT2D eigenvalue weighted by atomic mass is 9.80. The summed E-state index contributed by atoms with van der Waals surface area (Å²) in [6.45, 7) is 4.77. The summed E-state index contributed by atoms with van der Waals surface area (Å²) in [5.41, 5.74) is 14.9. The van der Waals surface area contributed by atoms with Crippen LogP contribution >= 0.6 is 0 Å². The van der Waals surface area contributed by atoms with Crippen molar-refractivity contribution in [1.29, 1.82) is 0 Å². The first kappa shape index (κ1) is 26.7. The zero-order chi connectivity index (χ0) is 26.9. The van der Waals surface area contributed by atoms with Gasteiger partial charge in [-0.3, -0.25) is 0 Å². The fourth-order valence-electron chi connectivity index (χ4n) is 6.05. The van der Waals surface area contributed by atoms with Gasteiger partial charge in [-0.05, 0) is 114 Å². The van der Waals surface area contributed by atoms with E-state index in [0.717, 1.165) is 38.5 Å². The molecule has 5 rings (SSSR count). The number of aryl methyl sites for hydroxylation is 2. The van der Waals surface area contributed by atoms with Gasteiger partial charge in [0.05, 0.1) is 0 Å². The van der Waals surface area contributed by atoms with Crippen molar-refractivity contribution in [1.82, 2.24) is 0 Å². The van der Waals surface area contributed by atoms with Gasteiger partial charge < -0.3 is 0 Å². The Balaban J connectivity index is 1.57. The standard InChI is InChI=1S/C39H40/c1-30-36(25-15-24-32-16-7-3-8-17-32)37(27-26-33-18-9-4-10-19-33)39(29-35-22-13-6-14-23-35)31(2)38(30)28-34-20-11-5-12-21-34/h3-14,16-23H,15,24-29H2,1-2H3. The Labute approximate surface area is 235 Å². The van der Waals surface area contributed by atoms with Crippen molar-refractivity contribution >= 4 is 0 Å². The van der Waals surface area contributed by atoms with Crippen LogP contribution in [0, 0.1) is 13.8 Å². The summed E-state index contributed by atoms with van der Waals surface area (Å²) < 4.78 is 0. The zero-order valence-electron chi connectivity index (χ0n) is 23.5. The first-order valence-electron chi connectivity index (χ1n) is 14.5. The molecule has 0 heterocycles. The van der Waals surface area contributed by atoms with Crippen LogP contribution in [0.15, 0.2) is 121 Å². The molecule has 39 heavy (non-hydrogen) atoms. The molecule has 0 nitrogen and oxygen atoms in total. The molecule has 5 aromatic carbocycles. The number of hydrogen-bond donors (Lipinski definition) is 0. The maximum Gasteiger partial charge on any atom is -0.00202 e. The van der Waals surface area contributed by atoms with Crippen LogP contribution in [0.3, 0.4) is 0 Å². The highest BCUT2D eigenvalue weighted by Crippen LogP contribution is 2.33. The molecule has 0 fully saturated rings. The van der Waals surface area contributed by atoms with Gasteiger partial charge in [0, 0.05) is 0 Å². The maximum atomic E-state index is 2.39. The van der Waals surface area contributed by atoms with Crippen molar-refractivity contribution in [3.8, 4) is 0 Å². The van der Waals surface area contributed by atoms with E-state index in [2.05, 4.69) is 135 Å². The summed E-state index contributed by atoms with van der Waals surface area (Å²) in [5.74, 6) is 0. The molecular weight excluding hydrogens is 468 g/mol. The summed E-state index contributed by atoms with van der Waals surface area (Å²) in [7, 11) is 0. The van der Waals surface area contributed by atoms with Crippen LogP contribution in [0.25, 0.3) is 0 Å². The molecule has 0 saturated heterocycles. The lowest BCUT2D eigenvalue weighted by Gasteiger charge is -2.25. The van der Waals surface area contributed by atoms with Gasteiger partial charge in [-0.15, -0.1) is 0 Å². The normalized spacial score (nSPS) is 11.0. The Morgan fingerprint density at radius 3 is 1.26 bits per heavy atom. The van der Waals surface area contributed by atoms with Crippen molar-refractivity contribution in [3.63, 3.8) is 0 Å². The number of rotatable bonds is 11. The Hall–Kier alpha value is -3.90. The van der Waals surface area contributed by atoms with Crippen LogP contribution in [0.2, 0.25) is 0 Å². The number of hydrogen-bond acceptors (Lipinski definition) is 0. The monoisotopic (exact) mass is 508 g/mol. The van der Waals surface area contributed by atoms with Gasteiger partial charge in [0.15, 0.2) is 0 Å². The average Bonchev–Trinajstić information content (AvgIpc) is 2.99. The van der Waals surface area contributed by atoms with Crippen molar-refractivity contribution < 1.29 is 0 Å². The first-order chi connectivity index (χ1) is 19.2. The highest BCUT2D eigenvalue weighted by atomic mass is 14.2. The van der Waals surface area contributed by atoms with Gasteiger partial charge in [-0.25, -0.2) is 0 Å². The Bertz CT molecular complexity index is 1450. The molecule has 0 heteroatoms. The quantitative estimate of drug-likeness (QED) is 0.167. The minimum absolute atomic E-state index is 0.991. The van der Waals surface area contributed by atoms with E-state index < -0.39 is 0 Å². The molecule has 0 bridgehead atoms. The van der Waals surface area contributed by atoms with Crippen molar-refractivity contribution in [2.24, 2.45) is 0 Å². The molecule has 0 radical (unpaired) electrons. The van der Waals surface area contributed by atoms with E-state index in [1.807, 2.05) is 0 Å². The van der Waals surface area contributed by atoms with Gasteiger partial charge in [-0.2, -0.15) is 0 Å². The third-order valence-corrected chi connectivity index (χ3v) is 8.23. The Morgan fingerprint density at radius 1 is 0.333 bits per heavy atom. The van der Waals surface area contributed by atoms with Crippen LogP contribution in [0.4, 0.5) is 0 Å². The minimum Gasteiger partial charge on any atom is -0.0622 e.